The first-order chi connectivity index (χ1) is 6.99. The summed E-state index contributed by atoms with van der Waals surface area (Å²) in [6, 6.07) is 0. The van der Waals surface area contributed by atoms with Gasteiger partial charge in [0.15, 0.2) is 5.56 Å². The van der Waals surface area contributed by atoms with Gasteiger partial charge in [0.2, 0.25) is 5.43 Å². The molecule has 8 heteroatoms. The highest BCUT2D eigenvalue weighted by Gasteiger charge is 2.26. The van der Waals surface area contributed by atoms with Crippen molar-refractivity contribution in [3.05, 3.63) is 37.7 Å². The van der Waals surface area contributed by atoms with Crippen LogP contribution in [0.2, 0.25) is 0 Å². The van der Waals surface area contributed by atoms with E-state index in [1.54, 1.807) is 0 Å². The molecule has 0 atom stereocenters. The maximum Gasteiger partial charge on any atom is 0.333 e. The first-order valence-corrected chi connectivity index (χ1v) is 3.77. The third kappa shape index (κ3) is 1.99. The van der Waals surface area contributed by atoms with E-state index >= 15 is 0 Å². The number of pyridine rings is 1. The minimum Gasteiger partial charge on any atom is -0.391 e. The number of alkyl halides is 2. The maximum atomic E-state index is 12.4. The van der Waals surface area contributed by atoms with Gasteiger partial charge in [-0.15, -0.1) is 0 Å². The SMILES string of the molecule is O=c1c(CO)c[nH]c([N+](=O)[O-])c1C(F)F. The highest BCUT2D eigenvalue weighted by atomic mass is 19.3. The molecule has 1 aromatic heterocycles. The van der Waals surface area contributed by atoms with Gasteiger partial charge in [0.05, 0.1) is 18.4 Å². The lowest BCUT2D eigenvalue weighted by atomic mass is 10.2. The summed E-state index contributed by atoms with van der Waals surface area (Å²) in [6.07, 6.45) is -2.42. The molecule has 0 saturated carbocycles. The van der Waals surface area contributed by atoms with Crippen LogP contribution in [0.3, 0.4) is 0 Å². The number of nitrogens with one attached hydrogen (secondary N) is 1. The zero-order valence-corrected chi connectivity index (χ0v) is 7.24. The van der Waals surface area contributed by atoms with Gasteiger partial charge >= 0.3 is 5.82 Å². The lowest BCUT2D eigenvalue weighted by Gasteiger charge is -2.03. The number of H-pyrrole nitrogens is 1. The highest BCUT2D eigenvalue weighted by Crippen LogP contribution is 2.23. The molecule has 0 bridgehead atoms. The number of aromatic amines is 1. The minimum atomic E-state index is -3.26. The zero-order valence-electron chi connectivity index (χ0n) is 7.24. The lowest BCUT2D eigenvalue weighted by molar-refractivity contribution is -0.391. The second kappa shape index (κ2) is 4.13. The van der Waals surface area contributed by atoms with Gasteiger partial charge in [-0.2, -0.15) is 0 Å². The molecule has 0 aromatic carbocycles. The van der Waals surface area contributed by atoms with Gasteiger partial charge < -0.3 is 15.2 Å². The molecule has 0 aliphatic carbocycles. The third-order valence-electron chi connectivity index (χ3n) is 1.75. The number of nitrogens with zero attached hydrogens (tertiary/aromatic N) is 1. The van der Waals surface area contributed by atoms with Crippen LogP contribution in [0.15, 0.2) is 11.0 Å². The maximum absolute atomic E-state index is 12.4. The molecule has 0 aliphatic rings. The first kappa shape index (κ1) is 11.2. The van der Waals surface area contributed by atoms with Crippen LogP contribution >= 0.6 is 0 Å². The third-order valence-corrected chi connectivity index (χ3v) is 1.75. The summed E-state index contributed by atoms with van der Waals surface area (Å²) in [5.74, 6) is -1.05. The smallest absolute Gasteiger partial charge is 0.333 e. The monoisotopic (exact) mass is 220 g/mol. The van der Waals surface area contributed by atoms with Crippen LogP contribution in [-0.4, -0.2) is 15.0 Å². The van der Waals surface area contributed by atoms with Gasteiger partial charge in [0.25, 0.3) is 6.43 Å². The largest absolute Gasteiger partial charge is 0.391 e. The van der Waals surface area contributed by atoms with Crippen molar-refractivity contribution in [1.29, 1.82) is 0 Å². The molecule has 1 heterocycles. The van der Waals surface area contributed by atoms with Crippen molar-refractivity contribution in [2.45, 2.75) is 13.0 Å². The molecular formula is C7H6F2N2O4. The Morgan fingerprint density at radius 1 is 1.60 bits per heavy atom. The molecule has 0 unspecified atom stereocenters. The van der Waals surface area contributed by atoms with Crippen LogP contribution in [0.1, 0.15) is 17.6 Å². The van der Waals surface area contributed by atoms with Crippen molar-refractivity contribution in [1.82, 2.24) is 4.98 Å². The summed E-state index contributed by atoms with van der Waals surface area (Å²) in [4.78, 5) is 22.4. The Labute approximate surface area is 81.3 Å². The van der Waals surface area contributed by atoms with Crippen molar-refractivity contribution in [2.24, 2.45) is 0 Å². The number of aliphatic hydroxyl groups excluding tert-OH is 1. The Bertz CT molecular complexity index is 443. The van der Waals surface area contributed by atoms with Crippen molar-refractivity contribution in [2.75, 3.05) is 0 Å². The second-order valence-corrected chi connectivity index (χ2v) is 2.62. The topological polar surface area (TPSA) is 96.2 Å². The fraction of sp³-hybridized carbons (Fsp3) is 0.286. The van der Waals surface area contributed by atoms with Crippen molar-refractivity contribution < 1.29 is 18.8 Å². The molecule has 15 heavy (non-hydrogen) atoms. The molecule has 0 saturated heterocycles. The van der Waals surface area contributed by atoms with Crippen LogP contribution in [0, 0.1) is 10.1 Å². The van der Waals surface area contributed by atoms with Gasteiger partial charge in [-0.1, -0.05) is 0 Å². The summed E-state index contributed by atoms with van der Waals surface area (Å²) >= 11 is 0. The highest BCUT2D eigenvalue weighted by molar-refractivity contribution is 5.36. The van der Waals surface area contributed by atoms with Gasteiger partial charge in [-0.05, 0) is 4.92 Å². The van der Waals surface area contributed by atoms with E-state index in [0.29, 0.717) is 0 Å². The number of rotatable bonds is 3. The molecule has 2 N–H and O–H groups in total. The number of hydrogen-bond donors (Lipinski definition) is 2. The predicted molar refractivity (Wildman–Crippen MR) is 44.6 cm³/mol. The van der Waals surface area contributed by atoms with Crippen LogP contribution in [0.5, 0.6) is 0 Å². The predicted octanol–water partition coefficient (Wildman–Crippen LogP) is 0.713. The van der Waals surface area contributed by atoms with E-state index in [9.17, 15) is 23.7 Å². The molecule has 0 radical (unpaired) electrons. The second-order valence-electron chi connectivity index (χ2n) is 2.62. The Hall–Kier alpha value is -1.83. The number of aliphatic hydroxyl groups is 1. The summed E-state index contributed by atoms with van der Waals surface area (Å²) in [7, 11) is 0. The van der Waals surface area contributed by atoms with Gasteiger partial charge in [-0.3, -0.25) is 4.79 Å². The van der Waals surface area contributed by atoms with Crippen LogP contribution < -0.4 is 5.43 Å². The normalized spacial score (nSPS) is 10.7. The summed E-state index contributed by atoms with van der Waals surface area (Å²) < 4.78 is 24.7. The Balaban J connectivity index is 3.52. The zero-order chi connectivity index (χ0) is 11.6. The molecular weight excluding hydrogens is 214 g/mol. The van der Waals surface area contributed by atoms with Gasteiger partial charge in [0, 0.05) is 0 Å². The van der Waals surface area contributed by atoms with E-state index in [1.165, 1.54) is 0 Å². The molecule has 0 aliphatic heterocycles. The van der Waals surface area contributed by atoms with Gasteiger partial charge in [-0.25, -0.2) is 13.8 Å². The van der Waals surface area contributed by atoms with Crippen molar-refractivity contribution in [3.8, 4) is 0 Å². The molecule has 0 spiro atoms. The average molecular weight is 220 g/mol. The van der Waals surface area contributed by atoms with E-state index < -0.39 is 34.8 Å². The van der Waals surface area contributed by atoms with Crippen LogP contribution in [0.25, 0.3) is 0 Å². The van der Waals surface area contributed by atoms with Crippen LogP contribution in [0.4, 0.5) is 14.6 Å². The molecule has 1 rings (SSSR count). The number of aromatic nitrogens is 1. The summed E-state index contributed by atoms with van der Waals surface area (Å²) in [5, 5.41) is 18.9. The molecule has 82 valence electrons. The fourth-order valence-electron chi connectivity index (χ4n) is 1.05. The number of halogens is 2. The van der Waals surface area contributed by atoms with Gasteiger partial charge in [0.1, 0.15) is 0 Å². The molecule has 0 fully saturated rings. The van der Waals surface area contributed by atoms with E-state index in [0.717, 1.165) is 6.20 Å². The van der Waals surface area contributed by atoms with E-state index in [4.69, 9.17) is 5.11 Å². The average Bonchev–Trinajstić information content (AvgIpc) is 2.16. The van der Waals surface area contributed by atoms with E-state index in [-0.39, 0.29) is 5.56 Å². The molecule has 0 amide bonds. The first-order valence-electron chi connectivity index (χ1n) is 3.77. The molecule has 6 nitrogen and oxygen atoms in total. The van der Waals surface area contributed by atoms with E-state index in [1.807, 2.05) is 4.98 Å². The lowest BCUT2D eigenvalue weighted by Crippen LogP contribution is -2.18. The standard InChI is InChI=1S/C7H6F2N2O4/c8-6(9)4-5(13)3(2-12)1-10-7(4)11(14)15/h1,6,12H,2H2,(H,10,13). The molecule has 1 aromatic rings. The number of nitro groups is 1. The summed E-state index contributed by atoms with van der Waals surface area (Å²) in [6.45, 7) is -0.757. The quantitative estimate of drug-likeness (QED) is 0.579. The Kier molecular flexibility index (Phi) is 3.10. The Morgan fingerprint density at radius 3 is 2.60 bits per heavy atom. The fourth-order valence-corrected chi connectivity index (χ4v) is 1.05. The van der Waals surface area contributed by atoms with Crippen LogP contribution in [-0.2, 0) is 6.61 Å². The van der Waals surface area contributed by atoms with Crippen molar-refractivity contribution in [3.63, 3.8) is 0 Å². The van der Waals surface area contributed by atoms with E-state index in [2.05, 4.69) is 0 Å². The minimum absolute atomic E-state index is 0.337. The Morgan fingerprint density at radius 2 is 2.20 bits per heavy atom. The number of hydrogen-bond acceptors (Lipinski definition) is 4. The van der Waals surface area contributed by atoms with Crippen molar-refractivity contribution >= 4 is 5.82 Å². The summed E-state index contributed by atoms with van der Waals surface area (Å²) in [5.41, 5.74) is -2.78.